The number of hydrogen-bond acceptors (Lipinski definition) is 6. The Bertz CT molecular complexity index is 1400. The number of anilines is 4. The Labute approximate surface area is 212 Å². The van der Waals surface area contributed by atoms with Crippen molar-refractivity contribution in [3.05, 3.63) is 60.4 Å². The Morgan fingerprint density at radius 3 is 2.62 bits per heavy atom. The molecule has 0 spiro atoms. The lowest BCUT2D eigenvalue weighted by molar-refractivity contribution is -0.137. The van der Waals surface area contributed by atoms with Crippen molar-refractivity contribution in [2.75, 3.05) is 43.1 Å². The number of nitrogens with one attached hydrogen (secondary N) is 4. The van der Waals surface area contributed by atoms with Gasteiger partial charge >= 0.3 is 6.18 Å². The van der Waals surface area contributed by atoms with Crippen molar-refractivity contribution in [2.24, 2.45) is 0 Å². The van der Waals surface area contributed by atoms with E-state index in [1.807, 2.05) is 19.0 Å². The molecular formula is C26H28F3N7O. The Hall–Kier alpha value is -4.12. The maximum Gasteiger partial charge on any atom is 0.419 e. The van der Waals surface area contributed by atoms with Gasteiger partial charge in [0, 0.05) is 54.1 Å². The summed E-state index contributed by atoms with van der Waals surface area (Å²) in [6.07, 6.45) is -2.05. The van der Waals surface area contributed by atoms with Gasteiger partial charge in [0.15, 0.2) is 0 Å². The summed E-state index contributed by atoms with van der Waals surface area (Å²) in [5.74, 6) is -0.172. The third-order valence-corrected chi connectivity index (χ3v) is 5.68. The Balaban J connectivity index is 1.68. The van der Waals surface area contributed by atoms with Gasteiger partial charge in [-0.25, -0.2) is 9.97 Å². The van der Waals surface area contributed by atoms with Crippen molar-refractivity contribution in [1.29, 1.82) is 0 Å². The van der Waals surface area contributed by atoms with Gasteiger partial charge in [-0.3, -0.25) is 4.79 Å². The molecule has 2 heterocycles. The third-order valence-electron chi connectivity index (χ3n) is 5.68. The zero-order valence-corrected chi connectivity index (χ0v) is 20.7. The van der Waals surface area contributed by atoms with E-state index < -0.39 is 11.7 Å². The van der Waals surface area contributed by atoms with Crippen molar-refractivity contribution >= 4 is 39.8 Å². The molecule has 0 aliphatic rings. The first-order valence-electron chi connectivity index (χ1n) is 11.8. The zero-order chi connectivity index (χ0) is 26.6. The topological polar surface area (TPSA) is 98.0 Å². The van der Waals surface area contributed by atoms with Crippen LogP contribution in [0.1, 0.15) is 18.9 Å². The van der Waals surface area contributed by atoms with Crippen LogP contribution in [-0.2, 0) is 11.0 Å². The molecule has 8 nitrogen and oxygen atoms in total. The van der Waals surface area contributed by atoms with E-state index in [0.717, 1.165) is 18.4 Å². The van der Waals surface area contributed by atoms with Gasteiger partial charge in [0.05, 0.1) is 17.1 Å². The number of hydrogen-bond donors (Lipinski definition) is 4. The lowest BCUT2D eigenvalue weighted by Gasteiger charge is -2.17. The summed E-state index contributed by atoms with van der Waals surface area (Å²) >= 11 is 0. The molecule has 4 rings (SSSR count). The van der Waals surface area contributed by atoms with Crippen LogP contribution in [0, 0.1) is 0 Å². The molecule has 37 heavy (non-hydrogen) atoms. The van der Waals surface area contributed by atoms with E-state index in [0.29, 0.717) is 40.8 Å². The highest BCUT2D eigenvalue weighted by molar-refractivity contribution is 5.96. The van der Waals surface area contributed by atoms with Crippen molar-refractivity contribution in [3.8, 4) is 11.3 Å². The first kappa shape index (κ1) is 26.0. The molecule has 4 N–H and O–H groups in total. The molecule has 0 atom stereocenters. The number of rotatable bonds is 9. The SMILES string of the molecule is CCC(=O)Nc1cc(Nc2ncc(C(F)(F)F)c(-c3c[nH]c4ccccc34)n2)ccc1NCCN(C)C. The molecule has 2 aromatic heterocycles. The van der Waals surface area contributed by atoms with Gasteiger partial charge < -0.3 is 25.8 Å². The van der Waals surface area contributed by atoms with Gasteiger partial charge in [-0.1, -0.05) is 25.1 Å². The van der Waals surface area contributed by atoms with E-state index in [1.165, 1.54) is 6.20 Å². The molecular weight excluding hydrogens is 483 g/mol. The molecule has 0 saturated carbocycles. The summed E-state index contributed by atoms with van der Waals surface area (Å²) < 4.78 is 41.5. The minimum atomic E-state index is -4.64. The van der Waals surface area contributed by atoms with Crippen molar-refractivity contribution in [2.45, 2.75) is 19.5 Å². The molecule has 0 fully saturated rings. The van der Waals surface area contributed by atoms with E-state index in [2.05, 4.69) is 30.9 Å². The largest absolute Gasteiger partial charge is 0.419 e. The predicted octanol–water partition coefficient (Wildman–Crippen LogP) is 5.71. The Kier molecular flexibility index (Phi) is 7.63. The standard InChI is InChI=1S/C26H28F3N7O/c1-4-23(37)34-22-13-16(9-10-21(22)30-11-12-36(2)3)33-25-32-15-19(26(27,28)29)24(35-25)18-14-31-20-8-6-5-7-17(18)20/h5-10,13-15,30-31H,4,11-12H2,1-3H3,(H,34,37)(H,32,33,35). The summed E-state index contributed by atoms with van der Waals surface area (Å²) in [5, 5.41) is 9.75. The molecule has 11 heteroatoms. The number of H-pyrrole nitrogens is 1. The summed E-state index contributed by atoms with van der Waals surface area (Å²) in [4.78, 5) is 25.3. The second-order valence-electron chi connectivity index (χ2n) is 8.72. The first-order valence-corrected chi connectivity index (χ1v) is 11.8. The molecule has 194 valence electrons. The summed E-state index contributed by atoms with van der Waals surface area (Å²) in [7, 11) is 3.92. The first-order chi connectivity index (χ1) is 17.7. The van der Waals surface area contributed by atoms with E-state index in [1.54, 1.807) is 49.4 Å². The molecule has 0 unspecified atom stereocenters. The van der Waals surface area contributed by atoms with Crippen LogP contribution < -0.4 is 16.0 Å². The molecule has 0 saturated heterocycles. The molecule has 0 aliphatic carbocycles. The van der Waals surface area contributed by atoms with Gasteiger partial charge in [0.1, 0.15) is 5.56 Å². The Morgan fingerprint density at radius 1 is 1.11 bits per heavy atom. The molecule has 0 radical (unpaired) electrons. The van der Waals surface area contributed by atoms with Gasteiger partial charge in [-0.15, -0.1) is 0 Å². The maximum atomic E-state index is 13.8. The van der Waals surface area contributed by atoms with Crippen LogP contribution in [0.2, 0.25) is 0 Å². The fourth-order valence-electron chi connectivity index (χ4n) is 3.78. The van der Waals surface area contributed by atoms with E-state index in [9.17, 15) is 18.0 Å². The number of carbonyl (C=O) groups is 1. The molecule has 4 aromatic rings. The quantitative estimate of drug-likeness (QED) is 0.230. The van der Waals surface area contributed by atoms with Crippen LogP contribution in [0.15, 0.2) is 54.9 Å². The average molecular weight is 512 g/mol. The lowest BCUT2D eigenvalue weighted by atomic mass is 10.1. The highest BCUT2D eigenvalue weighted by Gasteiger charge is 2.36. The highest BCUT2D eigenvalue weighted by atomic mass is 19.4. The number of para-hydroxylation sites is 1. The van der Waals surface area contributed by atoms with Gasteiger partial charge in [-0.2, -0.15) is 13.2 Å². The number of fused-ring (bicyclic) bond motifs is 1. The number of amides is 1. The molecule has 1 amide bonds. The number of benzene rings is 2. The summed E-state index contributed by atoms with van der Waals surface area (Å²) in [6, 6.07) is 12.3. The third kappa shape index (κ3) is 6.18. The summed E-state index contributed by atoms with van der Waals surface area (Å²) in [5.41, 5.74) is 1.63. The van der Waals surface area contributed by atoms with Crippen molar-refractivity contribution < 1.29 is 18.0 Å². The number of halogens is 3. The zero-order valence-electron chi connectivity index (χ0n) is 20.7. The molecule has 2 aromatic carbocycles. The van der Waals surface area contributed by atoms with Gasteiger partial charge in [0.25, 0.3) is 0 Å². The second-order valence-corrected chi connectivity index (χ2v) is 8.72. The normalized spacial score (nSPS) is 11.6. The van der Waals surface area contributed by atoms with E-state index in [4.69, 9.17) is 0 Å². The maximum absolute atomic E-state index is 13.8. The van der Waals surface area contributed by atoms with Crippen LogP contribution >= 0.6 is 0 Å². The number of carbonyl (C=O) groups excluding carboxylic acids is 1. The van der Waals surface area contributed by atoms with Crippen LogP contribution in [0.4, 0.5) is 36.2 Å². The van der Waals surface area contributed by atoms with Crippen LogP contribution in [0.5, 0.6) is 0 Å². The number of alkyl halides is 3. The summed E-state index contributed by atoms with van der Waals surface area (Å²) in [6.45, 7) is 3.20. The number of nitrogens with zero attached hydrogens (tertiary/aromatic N) is 3. The van der Waals surface area contributed by atoms with Crippen molar-refractivity contribution in [1.82, 2.24) is 19.9 Å². The van der Waals surface area contributed by atoms with E-state index >= 15 is 0 Å². The monoisotopic (exact) mass is 511 g/mol. The fraction of sp³-hybridized carbons (Fsp3) is 0.269. The molecule has 0 aliphatic heterocycles. The van der Waals surface area contributed by atoms with E-state index in [-0.39, 0.29) is 17.5 Å². The minimum absolute atomic E-state index is 0.00522. The van der Waals surface area contributed by atoms with Gasteiger partial charge in [-0.05, 0) is 38.4 Å². The fourth-order valence-corrected chi connectivity index (χ4v) is 3.78. The highest BCUT2D eigenvalue weighted by Crippen LogP contribution is 2.39. The smallest absolute Gasteiger partial charge is 0.382 e. The van der Waals surface area contributed by atoms with Crippen LogP contribution in [0.25, 0.3) is 22.2 Å². The average Bonchev–Trinajstić information content (AvgIpc) is 3.28. The number of aromatic nitrogens is 3. The minimum Gasteiger partial charge on any atom is -0.382 e. The Morgan fingerprint density at radius 2 is 1.89 bits per heavy atom. The van der Waals surface area contributed by atoms with Crippen LogP contribution in [-0.4, -0.2) is 52.9 Å². The lowest BCUT2D eigenvalue weighted by Crippen LogP contribution is -2.21. The number of aromatic amines is 1. The van der Waals surface area contributed by atoms with Crippen molar-refractivity contribution in [3.63, 3.8) is 0 Å². The van der Waals surface area contributed by atoms with Crippen LogP contribution in [0.3, 0.4) is 0 Å². The predicted molar refractivity (Wildman–Crippen MR) is 140 cm³/mol. The number of likely N-dealkylation sites (N-methyl/N-ethyl adjacent to an activating group) is 1. The van der Waals surface area contributed by atoms with Gasteiger partial charge in [0.2, 0.25) is 11.9 Å². The second kappa shape index (κ2) is 10.9. The molecule has 0 bridgehead atoms.